The van der Waals surface area contributed by atoms with Crippen molar-refractivity contribution in [3.05, 3.63) is 64.1 Å². The standard InChI is InChI=1S/C16H15Cl2NO3S/c17-13-5-7-14(8-6-13)23(21,22)10-9-16(20)19-11-12-3-1-2-4-15(12)18/h1-8H,9-11H2,(H,19,20). The minimum Gasteiger partial charge on any atom is -0.352 e. The Morgan fingerprint density at radius 3 is 2.30 bits per heavy atom. The molecule has 0 bridgehead atoms. The smallest absolute Gasteiger partial charge is 0.221 e. The summed E-state index contributed by atoms with van der Waals surface area (Å²) in [5.74, 6) is -0.606. The van der Waals surface area contributed by atoms with Crippen LogP contribution < -0.4 is 5.32 Å². The Morgan fingerprint density at radius 2 is 1.65 bits per heavy atom. The number of carbonyl (C=O) groups excluding carboxylic acids is 1. The molecule has 0 aliphatic heterocycles. The molecule has 0 saturated heterocycles. The first kappa shape index (κ1) is 17.8. The molecule has 0 aliphatic carbocycles. The van der Waals surface area contributed by atoms with E-state index in [1.807, 2.05) is 6.07 Å². The number of benzene rings is 2. The first-order valence-corrected chi connectivity index (χ1v) is 9.28. The van der Waals surface area contributed by atoms with Crippen LogP contribution in [0.5, 0.6) is 0 Å². The van der Waals surface area contributed by atoms with Gasteiger partial charge in [-0.15, -0.1) is 0 Å². The normalized spacial score (nSPS) is 11.2. The summed E-state index contributed by atoms with van der Waals surface area (Å²) in [6.45, 7) is 0.263. The zero-order valence-electron chi connectivity index (χ0n) is 12.1. The van der Waals surface area contributed by atoms with Gasteiger partial charge in [0.05, 0.1) is 10.6 Å². The molecular formula is C16H15Cl2NO3S. The van der Waals surface area contributed by atoms with Crippen LogP contribution in [0.25, 0.3) is 0 Å². The second-order valence-electron chi connectivity index (χ2n) is 4.89. The Kier molecular flexibility index (Phi) is 6.04. The molecule has 0 aliphatic rings. The number of halogens is 2. The highest BCUT2D eigenvalue weighted by atomic mass is 35.5. The zero-order valence-corrected chi connectivity index (χ0v) is 14.5. The molecule has 0 atom stereocenters. The number of carbonyl (C=O) groups is 1. The summed E-state index contributed by atoms with van der Waals surface area (Å²) in [7, 11) is -3.51. The Bertz CT molecular complexity index is 789. The molecule has 1 amide bonds. The second-order valence-corrected chi connectivity index (χ2v) is 7.84. The van der Waals surface area contributed by atoms with E-state index in [0.717, 1.165) is 5.56 Å². The molecule has 23 heavy (non-hydrogen) atoms. The first-order chi connectivity index (χ1) is 10.9. The molecule has 0 saturated carbocycles. The third-order valence-corrected chi connectivity index (χ3v) is 5.56. The largest absolute Gasteiger partial charge is 0.352 e. The van der Waals surface area contributed by atoms with Gasteiger partial charge >= 0.3 is 0 Å². The molecule has 0 aromatic heterocycles. The van der Waals surface area contributed by atoms with Gasteiger partial charge in [-0.3, -0.25) is 4.79 Å². The minimum atomic E-state index is -3.51. The van der Waals surface area contributed by atoms with Gasteiger partial charge in [-0.2, -0.15) is 0 Å². The number of sulfone groups is 1. The van der Waals surface area contributed by atoms with E-state index < -0.39 is 9.84 Å². The lowest BCUT2D eigenvalue weighted by molar-refractivity contribution is -0.120. The molecular weight excluding hydrogens is 357 g/mol. The van der Waals surface area contributed by atoms with Crippen LogP contribution in [0.1, 0.15) is 12.0 Å². The van der Waals surface area contributed by atoms with Crippen molar-refractivity contribution >= 4 is 38.9 Å². The summed E-state index contributed by atoms with van der Waals surface area (Å²) in [4.78, 5) is 12.0. The fraction of sp³-hybridized carbons (Fsp3) is 0.188. The van der Waals surface area contributed by atoms with Gasteiger partial charge in [0.25, 0.3) is 0 Å². The predicted molar refractivity (Wildman–Crippen MR) is 91.4 cm³/mol. The van der Waals surface area contributed by atoms with Crippen molar-refractivity contribution in [3.8, 4) is 0 Å². The van der Waals surface area contributed by atoms with Crippen molar-refractivity contribution in [1.82, 2.24) is 5.32 Å². The van der Waals surface area contributed by atoms with Crippen LogP contribution in [0.2, 0.25) is 10.0 Å². The molecule has 0 spiro atoms. The summed E-state index contributed by atoms with van der Waals surface area (Å²) in [6.07, 6.45) is -0.116. The Balaban J connectivity index is 1.89. The average molecular weight is 372 g/mol. The van der Waals surface area contributed by atoms with Crippen LogP contribution in [-0.4, -0.2) is 20.1 Å². The fourth-order valence-electron chi connectivity index (χ4n) is 1.91. The van der Waals surface area contributed by atoms with E-state index in [-0.39, 0.29) is 29.5 Å². The zero-order chi connectivity index (χ0) is 16.9. The maximum absolute atomic E-state index is 12.1. The lowest BCUT2D eigenvalue weighted by Gasteiger charge is -2.08. The highest BCUT2D eigenvalue weighted by molar-refractivity contribution is 7.91. The molecule has 4 nitrogen and oxygen atoms in total. The van der Waals surface area contributed by atoms with Gasteiger partial charge in [-0.1, -0.05) is 41.4 Å². The van der Waals surface area contributed by atoms with Gasteiger partial charge < -0.3 is 5.32 Å². The van der Waals surface area contributed by atoms with Crippen molar-refractivity contribution < 1.29 is 13.2 Å². The maximum atomic E-state index is 12.1. The first-order valence-electron chi connectivity index (χ1n) is 6.87. The molecule has 0 heterocycles. The molecule has 2 aromatic rings. The van der Waals surface area contributed by atoms with E-state index in [1.54, 1.807) is 18.2 Å². The summed E-state index contributed by atoms with van der Waals surface area (Å²) >= 11 is 11.7. The summed E-state index contributed by atoms with van der Waals surface area (Å²) in [5, 5.41) is 3.68. The van der Waals surface area contributed by atoms with E-state index >= 15 is 0 Å². The molecule has 2 rings (SSSR count). The van der Waals surface area contributed by atoms with E-state index in [0.29, 0.717) is 10.0 Å². The van der Waals surface area contributed by atoms with Crippen LogP contribution in [0, 0.1) is 0 Å². The average Bonchev–Trinajstić information content (AvgIpc) is 2.53. The fourth-order valence-corrected chi connectivity index (χ4v) is 3.48. The van der Waals surface area contributed by atoms with Crippen LogP contribution in [-0.2, 0) is 21.2 Å². The molecule has 0 unspecified atom stereocenters. The van der Waals surface area contributed by atoms with Crippen molar-refractivity contribution in [1.29, 1.82) is 0 Å². The Morgan fingerprint density at radius 1 is 1.00 bits per heavy atom. The van der Waals surface area contributed by atoms with Gasteiger partial charge in [0.2, 0.25) is 5.91 Å². The van der Waals surface area contributed by atoms with E-state index in [9.17, 15) is 13.2 Å². The Labute approximate surface area is 145 Å². The van der Waals surface area contributed by atoms with Gasteiger partial charge in [0, 0.05) is 23.0 Å². The van der Waals surface area contributed by atoms with Gasteiger partial charge in [-0.05, 0) is 35.9 Å². The highest BCUT2D eigenvalue weighted by Gasteiger charge is 2.16. The number of hydrogen-bond acceptors (Lipinski definition) is 3. The van der Waals surface area contributed by atoms with E-state index in [2.05, 4.69) is 5.32 Å². The lowest BCUT2D eigenvalue weighted by atomic mass is 10.2. The van der Waals surface area contributed by atoms with Crippen LogP contribution >= 0.6 is 23.2 Å². The molecule has 7 heteroatoms. The van der Waals surface area contributed by atoms with E-state index in [4.69, 9.17) is 23.2 Å². The topological polar surface area (TPSA) is 63.2 Å². The summed E-state index contributed by atoms with van der Waals surface area (Å²) in [6, 6.07) is 13.0. The number of hydrogen-bond donors (Lipinski definition) is 1. The predicted octanol–water partition coefficient (Wildman–Crippen LogP) is 3.47. The van der Waals surface area contributed by atoms with Crippen LogP contribution in [0.3, 0.4) is 0 Å². The third kappa shape index (κ3) is 5.23. The SMILES string of the molecule is O=C(CCS(=O)(=O)c1ccc(Cl)cc1)NCc1ccccc1Cl. The molecule has 0 fully saturated rings. The quantitative estimate of drug-likeness (QED) is 0.845. The molecule has 1 N–H and O–H groups in total. The minimum absolute atomic E-state index is 0.116. The van der Waals surface area contributed by atoms with Gasteiger partial charge in [-0.25, -0.2) is 8.42 Å². The number of amides is 1. The van der Waals surface area contributed by atoms with Crippen LogP contribution in [0.15, 0.2) is 53.4 Å². The van der Waals surface area contributed by atoms with Gasteiger partial charge in [0.1, 0.15) is 0 Å². The number of rotatable bonds is 6. The maximum Gasteiger partial charge on any atom is 0.221 e. The number of nitrogens with one attached hydrogen (secondary N) is 1. The monoisotopic (exact) mass is 371 g/mol. The highest BCUT2D eigenvalue weighted by Crippen LogP contribution is 2.16. The van der Waals surface area contributed by atoms with Crippen LogP contribution in [0.4, 0.5) is 0 Å². The molecule has 2 aromatic carbocycles. The molecule has 0 radical (unpaired) electrons. The van der Waals surface area contributed by atoms with Crippen molar-refractivity contribution in [2.24, 2.45) is 0 Å². The van der Waals surface area contributed by atoms with Crippen molar-refractivity contribution in [2.45, 2.75) is 17.9 Å². The van der Waals surface area contributed by atoms with Crippen molar-refractivity contribution in [2.75, 3.05) is 5.75 Å². The van der Waals surface area contributed by atoms with E-state index in [1.165, 1.54) is 24.3 Å². The lowest BCUT2D eigenvalue weighted by Crippen LogP contribution is -2.25. The summed E-state index contributed by atoms with van der Waals surface area (Å²) < 4.78 is 24.3. The Hall–Kier alpha value is -1.56. The summed E-state index contributed by atoms with van der Waals surface area (Å²) in [5.41, 5.74) is 0.781. The third-order valence-electron chi connectivity index (χ3n) is 3.20. The second kappa shape index (κ2) is 7.81. The molecule has 122 valence electrons. The van der Waals surface area contributed by atoms with Crippen molar-refractivity contribution in [3.63, 3.8) is 0 Å². The van der Waals surface area contributed by atoms with Gasteiger partial charge in [0.15, 0.2) is 9.84 Å².